The van der Waals surface area contributed by atoms with Crippen LogP contribution in [0.5, 0.6) is 0 Å². The molecule has 0 aliphatic carbocycles. The molecule has 2 rings (SSSR count). The monoisotopic (exact) mass is 245 g/mol. The molecule has 0 unspecified atom stereocenters. The first-order chi connectivity index (χ1) is 8.66. The summed E-state index contributed by atoms with van der Waals surface area (Å²) >= 11 is 0. The van der Waals surface area contributed by atoms with Gasteiger partial charge in [-0.15, -0.1) is 0 Å². The number of hydrogen-bond donors (Lipinski definition) is 2. The second kappa shape index (κ2) is 5.22. The molecule has 0 amide bonds. The summed E-state index contributed by atoms with van der Waals surface area (Å²) < 4.78 is 0. The Kier molecular flexibility index (Phi) is 3.47. The molecule has 0 aliphatic rings. The third-order valence-corrected chi connectivity index (χ3v) is 2.42. The standard InChI is InChI=1S/C12H11N3O3/c16-10(17)4-3-9-7-14-11(15-12(9)18)8-2-1-5-13-6-8/h1-2,5-7H,3-4H2,(H,16,17)(H,14,15,18). The second-order valence-electron chi connectivity index (χ2n) is 3.72. The van der Waals surface area contributed by atoms with E-state index in [1.54, 1.807) is 24.5 Å². The lowest BCUT2D eigenvalue weighted by Crippen LogP contribution is -2.15. The van der Waals surface area contributed by atoms with Gasteiger partial charge < -0.3 is 10.1 Å². The molecule has 2 heterocycles. The van der Waals surface area contributed by atoms with Crippen molar-refractivity contribution in [2.24, 2.45) is 0 Å². The summed E-state index contributed by atoms with van der Waals surface area (Å²) in [6.07, 6.45) is 4.71. The van der Waals surface area contributed by atoms with Gasteiger partial charge in [0.25, 0.3) is 5.56 Å². The molecule has 92 valence electrons. The van der Waals surface area contributed by atoms with Crippen molar-refractivity contribution in [3.8, 4) is 11.4 Å². The number of aromatic nitrogens is 3. The Morgan fingerprint density at radius 3 is 2.83 bits per heavy atom. The van der Waals surface area contributed by atoms with Gasteiger partial charge in [-0.1, -0.05) is 0 Å². The minimum absolute atomic E-state index is 0.0863. The summed E-state index contributed by atoms with van der Waals surface area (Å²) in [7, 11) is 0. The Morgan fingerprint density at radius 1 is 1.39 bits per heavy atom. The lowest BCUT2D eigenvalue weighted by atomic mass is 10.2. The van der Waals surface area contributed by atoms with Gasteiger partial charge >= 0.3 is 5.97 Å². The first-order valence-electron chi connectivity index (χ1n) is 5.37. The van der Waals surface area contributed by atoms with Crippen LogP contribution in [0, 0.1) is 0 Å². The molecule has 0 atom stereocenters. The molecule has 0 saturated heterocycles. The van der Waals surface area contributed by atoms with E-state index in [2.05, 4.69) is 15.0 Å². The van der Waals surface area contributed by atoms with Crippen LogP contribution in [0.25, 0.3) is 11.4 Å². The van der Waals surface area contributed by atoms with Crippen molar-refractivity contribution in [1.82, 2.24) is 15.0 Å². The number of aryl methyl sites for hydroxylation is 1. The third kappa shape index (κ3) is 2.79. The fourth-order valence-corrected chi connectivity index (χ4v) is 1.49. The Morgan fingerprint density at radius 2 is 2.22 bits per heavy atom. The molecular formula is C12H11N3O3. The third-order valence-electron chi connectivity index (χ3n) is 2.42. The normalized spacial score (nSPS) is 10.2. The number of rotatable bonds is 4. The molecule has 0 bridgehead atoms. The van der Waals surface area contributed by atoms with E-state index in [1.165, 1.54) is 6.20 Å². The average molecular weight is 245 g/mol. The van der Waals surface area contributed by atoms with Crippen LogP contribution in [-0.2, 0) is 11.2 Å². The molecule has 6 heteroatoms. The minimum atomic E-state index is -0.939. The number of aliphatic carboxylic acids is 1. The Balaban J connectivity index is 2.25. The van der Waals surface area contributed by atoms with Crippen LogP contribution in [0.4, 0.5) is 0 Å². The Labute approximate surface area is 102 Å². The number of nitrogens with one attached hydrogen (secondary N) is 1. The van der Waals surface area contributed by atoms with Crippen molar-refractivity contribution < 1.29 is 9.90 Å². The van der Waals surface area contributed by atoms with Crippen LogP contribution in [0.3, 0.4) is 0 Å². The summed E-state index contributed by atoms with van der Waals surface area (Å²) in [5.41, 5.74) is 0.759. The number of pyridine rings is 1. The highest BCUT2D eigenvalue weighted by Gasteiger charge is 2.06. The maximum atomic E-state index is 11.7. The van der Waals surface area contributed by atoms with Crippen molar-refractivity contribution in [2.75, 3.05) is 0 Å². The maximum absolute atomic E-state index is 11.7. The van der Waals surface area contributed by atoms with Gasteiger partial charge in [-0.25, -0.2) is 4.98 Å². The highest BCUT2D eigenvalue weighted by atomic mass is 16.4. The molecule has 0 fully saturated rings. The number of aromatic amines is 1. The summed E-state index contributed by atoms with van der Waals surface area (Å²) in [6, 6.07) is 3.52. The zero-order chi connectivity index (χ0) is 13.0. The molecule has 2 aromatic rings. The Hall–Kier alpha value is -2.50. The summed E-state index contributed by atoms with van der Waals surface area (Å²) in [5, 5.41) is 8.56. The first-order valence-corrected chi connectivity index (χ1v) is 5.37. The van der Waals surface area contributed by atoms with Crippen molar-refractivity contribution >= 4 is 5.97 Å². The number of nitrogens with zero attached hydrogens (tertiary/aromatic N) is 2. The predicted molar refractivity (Wildman–Crippen MR) is 64.0 cm³/mol. The topological polar surface area (TPSA) is 95.9 Å². The van der Waals surface area contributed by atoms with Crippen molar-refractivity contribution in [1.29, 1.82) is 0 Å². The van der Waals surface area contributed by atoms with E-state index in [9.17, 15) is 9.59 Å². The van der Waals surface area contributed by atoms with Gasteiger partial charge in [0.2, 0.25) is 0 Å². The number of carbonyl (C=O) groups is 1. The Bertz CT molecular complexity index is 607. The van der Waals surface area contributed by atoms with E-state index in [0.717, 1.165) is 0 Å². The van der Waals surface area contributed by atoms with Crippen LogP contribution >= 0.6 is 0 Å². The van der Waals surface area contributed by atoms with Gasteiger partial charge in [0, 0.05) is 36.1 Å². The first kappa shape index (κ1) is 12.0. The maximum Gasteiger partial charge on any atom is 0.303 e. The summed E-state index contributed by atoms with van der Waals surface area (Å²) in [5.74, 6) is -0.516. The van der Waals surface area contributed by atoms with Crippen LogP contribution < -0.4 is 5.56 Å². The fraction of sp³-hybridized carbons (Fsp3) is 0.167. The van der Waals surface area contributed by atoms with Crippen LogP contribution in [-0.4, -0.2) is 26.0 Å². The predicted octanol–water partition coefficient (Wildman–Crippen LogP) is 0.849. The molecule has 0 aromatic carbocycles. The summed E-state index contributed by atoms with van der Waals surface area (Å²) in [4.78, 5) is 32.8. The highest BCUT2D eigenvalue weighted by molar-refractivity contribution is 5.67. The highest BCUT2D eigenvalue weighted by Crippen LogP contribution is 2.10. The van der Waals surface area contributed by atoms with Gasteiger partial charge in [0.1, 0.15) is 5.82 Å². The fourth-order valence-electron chi connectivity index (χ4n) is 1.49. The lowest BCUT2D eigenvalue weighted by molar-refractivity contribution is -0.136. The molecule has 18 heavy (non-hydrogen) atoms. The van der Waals surface area contributed by atoms with E-state index in [4.69, 9.17) is 5.11 Å². The number of carboxylic acid groups (broad SMARTS) is 1. The second-order valence-corrected chi connectivity index (χ2v) is 3.72. The molecule has 0 spiro atoms. The van der Waals surface area contributed by atoms with Gasteiger partial charge in [0.15, 0.2) is 0 Å². The van der Waals surface area contributed by atoms with E-state index < -0.39 is 5.97 Å². The zero-order valence-corrected chi connectivity index (χ0v) is 9.46. The SMILES string of the molecule is O=C(O)CCc1cnc(-c2cccnc2)[nH]c1=O. The molecule has 2 N–H and O–H groups in total. The average Bonchev–Trinajstić information content (AvgIpc) is 2.38. The smallest absolute Gasteiger partial charge is 0.303 e. The van der Waals surface area contributed by atoms with Gasteiger partial charge in [0.05, 0.1) is 0 Å². The van der Waals surface area contributed by atoms with Crippen molar-refractivity contribution in [2.45, 2.75) is 12.8 Å². The van der Waals surface area contributed by atoms with Gasteiger partial charge in [-0.3, -0.25) is 14.6 Å². The van der Waals surface area contributed by atoms with Crippen LogP contribution in [0.15, 0.2) is 35.5 Å². The minimum Gasteiger partial charge on any atom is -0.481 e. The molecule has 0 saturated carbocycles. The van der Waals surface area contributed by atoms with Crippen molar-refractivity contribution in [3.63, 3.8) is 0 Å². The largest absolute Gasteiger partial charge is 0.481 e. The number of hydrogen-bond acceptors (Lipinski definition) is 4. The van der Waals surface area contributed by atoms with E-state index >= 15 is 0 Å². The van der Waals surface area contributed by atoms with Gasteiger partial charge in [-0.05, 0) is 18.6 Å². The number of H-pyrrole nitrogens is 1. The van der Waals surface area contributed by atoms with E-state index in [0.29, 0.717) is 17.0 Å². The molecule has 0 radical (unpaired) electrons. The van der Waals surface area contributed by atoms with E-state index in [-0.39, 0.29) is 18.4 Å². The van der Waals surface area contributed by atoms with E-state index in [1.807, 2.05) is 0 Å². The number of carboxylic acids is 1. The quantitative estimate of drug-likeness (QED) is 0.832. The summed E-state index contributed by atoms with van der Waals surface area (Å²) in [6.45, 7) is 0. The van der Waals surface area contributed by atoms with Gasteiger partial charge in [-0.2, -0.15) is 0 Å². The zero-order valence-electron chi connectivity index (χ0n) is 9.46. The lowest BCUT2D eigenvalue weighted by Gasteiger charge is -2.01. The van der Waals surface area contributed by atoms with Crippen LogP contribution in [0.2, 0.25) is 0 Å². The molecule has 6 nitrogen and oxygen atoms in total. The molecule has 2 aromatic heterocycles. The molecule has 0 aliphatic heterocycles. The molecular weight excluding hydrogens is 234 g/mol. The van der Waals surface area contributed by atoms with Crippen molar-refractivity contribution in [3.05, 3.63) is 46.6 Å². The van der Waals surface area contributed by atoms with Crippen LogP contribution in [0.1, 0.15) is 12.0 Å².